The average molecular weight is 335 g/mol. The quantitative estimate of drug-likeness (QED) is 0.588. The largest absolute Gasteiger partial charge is 0.481 e. The molecule has 0 radical (unpaired) electrons. The fourth-order valence-electron chi connectivity index (χ4n) is 1.98. The molecule has 1 aliphatic heterocycles. The summed E-state index contributed by atoms with van der Waals surface area (Å²) >= 11 is 0.894. The highest BCUT2D eigenvalue weighted by atomic mass is 32.2. The lowest BCUT2D eigenvalue weighted by Gasteiger charge is -2.09. The topological polar surface area (TPSA) is 72.9 Å². The standard InChI is InChI=1S/C16H17NO5S/c1-3-17-15(19)13(23-16(17)20)9-11-7-5-6-8-12(11)22-10-14(18)21-4-2/h5-9H,3-4,10H2,1-2H3/b13-9+. The molecule has 1 aromatic rings. The Morgan fingerprint density at radius 2 is 2.00 bits per heavy atom. The number of likely N-dealkylation sites (N-methyl/N-ethyl adjacent to an activating group) is 1. The Balaban J connectivity index is 2.18. The minimum Gasteiger partial charge on any atom is -0.481 e. The molecule has 1 saturated heterocycles. The smallest absolute Gasteiger partial charge is 0.344 e. The molecule has 2 amide bonds. The van der Waals surface area contributed by atoms with Crippen molar-refractivity contribution in [1.29, 1.82) is 0 Å². The van der Waals surface area contributed by atoms with E-state index in [0.29, 0.717) is 22.8 Å². The molecular formula is C16H17NO5S. The van der Waals surface area contributed by atoms with E-state index in [1.54, 1.807) is 44.2 Å². The van der Waals surface area contributed by atoms with Crippen LogP contribution in [0.15, 0.2) is 29.2 Å². The Labute approximate surface area is 138 Å². The first kappa shape index (κ1) is 17.1. The highest BCUT2D eigenvalue weighted by Crippen LogP contribution is 2.33. The summed E-state index contributed by atoms with van der Waals surface area (Å²) in [7, 11) is 0. The Bertz CT molecular complexity index is 656. The number of carbonyl (C=O) groups excluding carboxylic acids is 3. The lowest BCUT2D eigenvalue weighted by atomic mass is 10.2. The van der Waals surface area contributed by atoms with Gasteiger partial charge in [-0.15, -0.1) is 0 Å². The number of rotatable bonds is 6. The third-order valence-corrected chi connectivity index (χ3v) is 3.95. The van der Waals surface area contributed by atoms with Crippen LogP contribution < -0.4 is 4.74 Å². The van der Waals surface area contributed by atoms with Gasteiger partial charge in [-0.1, -0.05) is 18.2 Å². The highest BCUT2D eigenvalue weighted by molar-refractivity contribution is 8.18. The van der Waals surface area contributed by atoms with Gasteiger partial charge < -0.3 is 9.47 Å². The lowest BCUT2D eigenvalue weighted by Crippen LogP contribution is -2.27. The Kier molecular flexibility index (Phi) is 5.81. The molecule has 0 N–H and O–H groups in total. The van der Waals surface area contributed by atoms with Crippen molar-refractivity contribution in [3.05, 3.63) is 34.7 Å². The fraction of sp³-hybridized carbons (Fsp3) is 0.312. The Morgan fingerprint density at radius 3 is 2.65 bits per heavy atom. The number of para-hydroxylation sites is 1. The summed E-state index contributed by atoms with van der Waals surface area (Å²) in [5, 5.41) is -0.284. The van der Waals surface area contributed by atoms with E-state index in [1.165, 1.54) is 4.90 Å². The average Bonchev–Trinajstić information content (AvgIpc) is 2.80. The van der Waals surface area contributed by atoms with Gasteiger partial charge in [0, 0.05) is 12.1 Å². The number of imide groups is 1. The van der Waals surface area contributed by atoms with E-state index < -0.39 is 5.97 Å². The lowest BCUT2D eigenvalue weighted by molar-refractivity contribution is -0.145. The third kappa shape index (κ3) is 4.13. The second kappa shape index (κ2) is 7.82. The summed E-state index contributed by atoms with van der Waals surface area (Å²) < 4.78 is 10.2. The van der Waals surface area contributed by atoms with Gasteiger partial charge in [0.05, 0.1) is 11.5 Å². The minimum absolute atomic E-state index is 0.213. The van der Waals surface area contributed by atoms with E-state index >= 15 is 0 Å². The van der Waals surface area contributed by atoms with Gasteiger partial charge in [-0.2, -0.15) is 0 Å². The maximum atomic E-state index is 12.1. The van der Waals surface area contributed by atoms with Crippen LogP contribution in [0, 0.1) is 0 Å². The molecule has 122 valence electrons. The van der Waals surface area contributed by atoms with Gasteiger partial charge in [0.1, 0.15) is 5.75 Å². The van der Waals surface area contributed by atoms with Crippen LogP contribution in [-0.4, -0.2) is 41.8 Å². The normalized spacial score (nSPS) is 16.1. The van der Waals surface area contributed by atoms with Crippen LogP contribution in [0.3, 0.4) is 0 Å². The summed E-state index contributed by atoms with van der Waals surface area (Å²) in [6.45, 7) is 3.87. The molecule has 0 unspecified atom stereocenters. The summed E-state index contributed by atoms with van der Waals surface area (Å²) in [6.07, 6.45) is 1.60. The number of thioether (sulfide) groups is 1. The van der Waals surface area contributed by atoms with Crippen molar-refractivity contribution in [1.82, 2.24) is 4.90 Å². The molecule has 1 aromatic carbocycles. The maximum absolute atomic E-state index is 12.1. The summed E-state index contributed by atoms with van der Waals surface area (Å²) in [5.74, 6) is -0.333. The number of amides is 2. The van der Waals surface area contributed by atoms with Gasteiger partial charge in [0.2, 0.25) is 0 Å². The maximum Gasteiger partial charge on any atom is 0.344 e. The van der Waals surface area contributed by atoms with Crippen LogP contribution in [0.1, 0.15) is 19.4 Å². The van der Waals surface area contributed by atoms with E-state index in [0.717, 1.165) is 11.8 Å². The number of nitrogens with zero attached hydrogens (tertiary/aromatic N) is 1. The van der Waals surface area contributed by atoms with Crippen LogP contribution in [-0.2, 0) is 14.3 Å². The molecule has 1 fully saturated rings. The van der Waals surface area contributed by atoms with E-state index in [9.17, 15) is 14.4 Å². The zero-order chi connectivity index (χ0) is 16.8. The molecule has 0 spiro atoms. The summed E-state index contributed by atoms with van der Waals surface area (Å²) in [5.41, 5.74) is 0.624. The summed E-state index contributed by atoms with van der Waals surface area (Å²) in [6, 6.07) is 6.98. The number of esters is 1. The van der Waals surface area contributed by atoms with Crippen molar-refractivity contribution in [2.45, 2.75) is 13.8 Å². The number of hydrogen-bond acceptors (Lipinski definition) is 6. The number of hydrogen-bond donors (Lipinski definition) is 0. The molecule has 0 aromatic heterocycles. The predicted molar refractivity (Wildman–Crippen MR) is 86.9 cm³/mol. The Morgan fingerprint density at radius 1 is 1.26 bits per heavy atom. The highest BCUT2D eigenvalue weighted by Gasteiger charge is 2.33. The molecule has 0 saturated carbocycles. The molecule has 7 heteroatoms. The minimum atomic E-state index is -0.464. The molecule has 23 heavy (non-hydrogen) atoms. The van der Waals surface area contributed by atoms with Crippen LogP contribution >= 0.6 is 11.8 Å². The molecular weight excluding hydrogens is 318 g/mol. The molecule has 2 rings (SSSR count). The van der Waals surface area contributed by atoms with Crippen LogP contribution in [0.25, 0.3) is 6.08 Å². The van der Waals surface area contributed by atoms with Crippen molar-refractivity contribution in [3.8, 4) is 5.75 Å². The molecule has 0 bridgehead atoms. The number of carbonyl (C=O) groups is 3. The number of benzene rings is 1. The second-order valence-corrected chi connectivity index (χ2v) is 5.55. The summed E-state index contributed by atoms with van der Waals surface area (Å²) in [4.78, 5) is 36.7. The van der Waals surface area contributed by atoms with E-state index in [1.807, 2.05) is 0 Å². The molecule has 0 aliphatic carbocycles. The van der Waals surface area contributed by atoms with Crippen molar-refractivity contribution in [2.75, 3.05) is 19.8 Å². The fourth-order valence-corrected chi connectivity index (χ4v) is 2.88. The van der Waals surface area contributed by atoms with Crippen molar-refractivity contribution in [2.24, 2.45) is 0 Å². The first-order valence-electron chi connectivity index (χ1n) is 7.19. The Hall–Kier alpha value is -2.28. The molecule has 1 aliphatic rings. The van der Waals surface area contributed by atoms with Crippen molar-refractivity contribution in [3.63, 3.8) is 0 Å². The van der Waals surface area contributed by atoms with Gasteiger partial charge in [-0.05, 0) is 37.8 Å². The second-order valence-electron chi connectivity index (χ2n) is 4.56. The van der Waals surface area contributed by atoms with Crippen LogP contribution in [0.2, 0.25) is 0 Å². The van der Waals surface area contributed by atoms with E-state index in [2.05, 4.69) is 0 Å². The monoisotopic (exact) mass is 335 g/mol. The van der Waals surface area contributed by atoms with Gasteiger partial charge in [-0.25, -0.2) is 4.79 Å². The first-order valence-corrected chi connectivity index (χ1v) is 8.01. The zero-order valence-electron chi connectivity index (χ0n) is 12.9. The van der Waals surface area contributed by atoms with Crippen LogP contribution in [0.5, 0.6) is 5.75 Å². The van der Waals surface area contributed by atoms with Gasteiger partial charge >= 0.3 is 5.97 Å². The van der Waals surface area contributed by atoms with Gasteiger partial charge in [0.25, 0.3) is 11.1 Å². The third-order valence-electron chi connectivity index (χ3n) is 3.05. The molecule has 0 atom stereocenters. The molecule has 1 heterocycles. The molecule has 6 nitrogen and oxygen atoms in total. The number of ether oxygens (including phenoxy) is 2. The SMILES string of the molecule is CCOC(=O)COc1ccccc1/C=C1/SC(=O)N(CC)C1=O. The van der Waals surface area contributed by atoms with Gasteiger partial charge in [0.15, 0.2) is 6.61 Å². The van der Waals surface area contributed by atoms with Crippen LogP contribution in [0.4, 0.5) is 4.79 Å². The zero-order valence-corrected chi connectivity index (χ0v) is 13.7. The van der Waals surface area contributed by atoms with Crippen molar-refractivity contribution >= 4 is 35.0 Å². The van der Waals surface area contributed by atoms with Crippen molar-refractivity contribution < 1.29 is 23.9 Å². The van der Waals surface area contributed by atoms with Gasteiger partial charge in [-0.3, -0.25) is 14.5 Å². The first-order chi connectivity index (χ1) is 11.1. The predicted octanol–water partition coefficient (Wildman–Crippen LogP) is 2.68. The van der Waals surface area contributed by atoms with E-state index in [-0.39, 0.29) is 24.4 Å². The van der Waals surface area contributed by atoms with E-state index in [4.69, 9.17) is 9.47 Å².